The average Bonchev–Trinajstić information content (AvgIpc) is 3.47. The Morgan fingerprint density at radius 3 is 2.55 bits per heavy atom. The molecule has 6 nitrogen and oxygen atoms in total. The average molecular weight is 414 g/mol. The molecule has 31 heavy (non-hydrogen) atoms. The maximum absolute atomic E-state index is 8.92. The molecule has 4 aliphatic rings. The van der Waals surface area contributed by atoms with Gasteiger partial charge in [0.2, 0.25) is 0 Å². The van der Waals surface area contributed by atoms with E-state index in [1.54, 1.807) is 6.33 Å². The van der Waals surface area contributed by atoms with Crippen molar-refractivity contribution in [3.8, 4) is 23.2 Å². The van der Waals surface area contributed by atoms with Crippen molar-refractivity contribution in [2.24, 2.45) is 11.8 Å². The van der Waals surface area contributed by atoms with Gasteiger partial charge in [0, 0.05) is 35.5 Å². The number of aromatic nitrogens is 5. The first-order valence-electron chi connectivity index (χ1n) is 11.3. The second kappa shape index (κ2) is 7.06. The molecule has 158 valence electrons. The molecule has 0 aliphatic heterocycles. The van der Waals surface area contributed by atoms with Gasteiger partial charge in [0.05, 0.1) is 12.1 Å². The summed E-state index contributed by atoms with van der Waals surface area (Å²) >= 11 is 0. The van der Waals surface area contributed by atoms with Gasteiger partial charge in [-0.15, -0.1) is 0 Å². The summed E-state index contributed by atoms with van der Waals surface area (Å²) in [5.74, 6) is 8.63. The first-order valence-corrected chi connectivity index (χ1v) is 11.3. The van der Waals surface area contributed by atoms with Crippen molar-refractivity contribution in [2.75, 3.05) is 6.61 Å². The van der Waals surface area contributed by atoms with Gasteiger partial charge < -0.3 is 9.67 Å². The molecule has 2 atom stereocenters. The second-order valence-electron chi connectivity index (χ2n) is 9.72. The van der Waals surface area contributed by atoms with E-state index >= 15 is 0 Å². The summed E-state index contributed by atoms with van der Waals surface area (Å²) < 4.78 is 4.64. The summed E-state index contributed by atoms with van der Waals surface area (Å²) in [6.45, 7) is 0.0999. The Kier molecular flexibility index (Phi) is 4.29. The predicted molar refractivity (Wildman–Crippen MR) is 117 cm³/mol. The van der Waals surface area contributed by atoms with Crippen LogP contribution >= 0.6 is 0 Å². The minimum atomic E-state index is 0.0915. The van der Waals surface area contributed by atoms with Gasteiger partial charge in [0.1, 0.15) is 18.5 Å². The summed E-state index contributed by atoms with van der Waals surface area (Å²) in [5, 5.41) is 13.5. The highest BCUT2D eigenvalue weighted by Crippen LogP contribution is 2.63. The Hall–Kier alpha value is -2.91. The highest BCUT2D eigenvalue weighted by Gasteiger charge is 2.60. The van der Waals surface area contributed by atoms with E-state index in [0.717, 1.165) is 35.2 Å². The van der Waals surface area contributed by atoms with E-state index in [9.17, 15) is 0 Å². The second-order valence-corrected chi connectivity index (χ2v) is 9.72. The summed E-state index contributed by atoms with van der Waals surface area (Å²) in [4.78, 5) is 9.07. The van der Waals surface area contributed by atoms with Crippen LogP contribution in [-0.4, -0.2) is 36.0 Å². The number of hydrogen-bond donors (Lipinski definition) is 1. The molecule has 4 saturated carbocycles. The number of aliphatic hydroxyl groups is 1. The fourth-order valence-corrected chi connectivity index (χ4v) is 6.99. The molecule has 0 spiro atoms. The molecule has 1 aromatic carbocycles. The Bertz CT molecular complexity index is 1120. The van der Waals surface area contributed by atoms with Crippen molar-refractivity contribution in [3.05, 3.63) is 54.9 Å². The number of nitrogens with zero attached hydrogens (tertiary/aromatic N) is 5. The Balaban J connectivity index is 1.36. The van der Waals surface area contributed by atoms with Crippen LogP contribution in [0, 0.1) is 23.7 Å². The van der Waals surface area contributed by atoms with E-state index in [-0.39, 0.29) is 17.7 Å². The molecule has 4 aliphatic carbocycles. The Labute approximate surface area is 182 Å². The van der Waals surface area contributed by atoms with Gasteiger partial charge in [-0.05, 0) is 62.5 Å². The lowest BCUT2D eigenvalue weighted by Gasteiger charge is -2.62. The summed E-state index contributed by atoms with van der Waals surface area (Å²) in [5.41, 5.74) is 2.29. The molecular formula is C25H27N5O. The third-order valence-corrected chi connectivity index (χ3v) is 7.67. The molecule has 3 aromatic rings. The van der Waals surface area contributed by atoms with Gasteiger partial charge in [-0.2, -0.15) is 5.10 Å². The fraction of sp³-hybridized carbons (Fsp3) is 0.480. The van der Waals surface area contributed by atoms with Crippen molar-refractivity contribution >= 4 is 0 Å². The van der Waals surface area contributed by atoms with Crippen molar-refractivity contribution in [1.82, 2.24) is 24.3 Å². The van der Waals surface area contributed by atoms with E-state index in [2.05, 4.69) is 61.6 Å². The van der Waals surface area contributed by atoms with Crippen LogP contribution in [0.3, 0.4) is 0 Å². The van der Waals surface area contributed by atoms with Crippen LogP contribution in [0.2, 0.25) is 0 Å². The third kappa shape index (κ3) is 3.02. The fourth-order valence-electron chi connectivity index (χ4n) is 6.99. The quantitative estimate of drug-likeness (QED) is 0.664. The zero-order chi connectivity index (χ0) is 20.9. The first kappa shape index (κ1) is 18.8. The number of hydrogen-bond acceptors (Lipinski definition) is 4. The highest BCUT2D eigenvalue weighted by molar-refractivity contribution is 5.58. The maximum Gasteiger partial charge on any atom is 0.140 e. The van der Waals surface area contributed by atoms with Crippen molar-refractivity contribution in [2.45, 2.75) is 56.0 Å². The minimum absolute atomic E-state index is 0.0915. The smallest absolute Gasteiger partial charge is 0.140 e. The minimum Gasteiger partial charge on any atom is -0.395 e. The topological polar surface area (TPSA) is 68.8 Å². The zero-order valence-corrected chi connectivity index (χ0v) is 17.6. The largest absolute Gasteiger partial charge is 0.395 e. The van der Waals surface area contributed by atoms with Crippen molar-refractivity contribution < 1.29 is 5.11 Å². The molecule has 2 heterocycles. The van der Waals surface area contributed by atoms with E-state index in [1.165, 1.54) is 32.1 Å². The van der Waals surface area contributed by atoms with Crippen LogP contribution < -0.4 is 0 Å². The van der Waals surface area contributed by atoms with Gasteiger partial charge in [-0.1, -0.05) is 24.0 Å². The van der Waals surface area contributed by atoms with Crippen molar-refractivity contribution in [1.29, 1.82) is 0 Å². The van der Waals surface area contributed by atoms with Crippen LogP contribution in [0.4, 0.5) is 0 Å². The zero-order valence-electron chi connectivity index (χ0n) is 17.6. The van der Waals surface area contributed by atoms with E-state index in [0.29, 0.717) is 6.42 Å². The summed E-state index contributed by atoms with van der Waals surface area (Å²) in [7, 11) is 0. The lowest BCUT2D eigenvalue weighted by atomic mass is 9.49. The van der Waals surface area contributed by atoms with Gasteiger partial charge in [0.25, 0.3) is 0 Å². The molecule has 2 unspecified atom stereocenters. The lowest BCUT2D eigenvalue weighted by molar-refractivity contribution is -0.0968. The monoisotopic (exact) mass is 413 g/mol. The number of aliphatic hydroxyl groups excluding tert-OH is 1. The molecule has 6 heteroatoms. The summed E-state index contributed by atoms with van der Waals surface area (Å²) in [6, 6.07) is 8.34. The molecule has 0 amide bonds. The number of imidazole rings is 1. The van der Waals surface area contributed by atoms with Gasteiger partial charge in [-0.25, -0.2) is 14.6 Å². The number of benzene rings is 1. The van der Waals surface area contributed by atoms with E-state index < -0.39 is 0 Å². The van der Waals surface area contributed by atoms with Gasteiger partial charge in [0.15, 0.2) is 0 Å². The molecule has 4 bridgehead atoms. The van der Waals surface area contributed by atoms with E-state index in [4.69, 9.17) is 10.1 Å². The van der Waals surface area contributed by atoms with Crippen molar-refractivity contribution in [3.63, 3.8) is 0 Å². The molecule has 4 fully saturated rings. The SMILES string of the molecule is OCCC#Cc1ccc(-c2nccn2C23CC4CC(CC(n5cncn5)(C4)C2)C3)cc1. The Morgan fingerprint density at radius 1 is 1.06 bits per heavy atom. The van der Waals surface area contributed by atoms with E-state index in [1.807, 2.05) is 12.5 Å². The predicted octanol–water partition coefficient (Wildman–Crippen LogP) is 3.58. The van der Waals surface area contributed by atoms with Crippen LogP contribution in [0.1, 0.15) is 50.5 Å². The van der Waals surface area contributed by atoms with Crippen LogP contribution in [-0.2, 0) is 11.1 Å². The molecular weight excluding hydrogens is 386 g/mol. The van der Waals surface area contributed by atoms with Crippen LogP contribution in [0.5, 0.6) is 0 Å². The summed E-state index contributed by atoms with van der Waals surface area (Å²) in [6.07, 6.45) is 15.6. The lowest BCUT2D eigenvalue weighted by Crippen LogP contribution is -2.60. The standard InChI is InChI=1S/C25H27N5O/c31-10-2-1-3-19-4-6-22(7-5-19)23-27-8-9-29(23)24-12-20-11-21(13-24)15-25(14-20,16-24)30-18-26-17-28-30/h4-9,17-18,20-21,31H,2,10-16H2. The highest BCUT2D eigenvalue weighted by atomic mass is 16.2. The molecule has 0 radical (unpaired) electrons. The number of rotatable bonds is 4. The van der Waals surface area contributed by atoms with Crippen LogP contribution in [0.25, 0.3) is 11.4 Å². The molecule has 7 rings (SSSR count). The molecule has 2 aromatic heterocycles. The van der Waals surface area contributed by atoms with Crippen LogP contribution in [0.15, 0.2) is 49.3 Å². The van der Waals surface area contributed by atoms with Gasteiger partial charge >= 0.3 is 0 Å². The maximum atomic E-state index is 8.92. The first-order chi connectivity index (χ1) is 15.2. The molecule has 1 N–H and O–H groups in total. The Morgan fingerprint density at radius 2 is 1.84 bits per heavy atom. The van der Waals surface area contributed by atoms with Gasteiger partial charge in [-0.3, -0.25) is 0 Å². The normalized spacial score (nSPS) is 30.9. The third-order valence-electron chi connectivity index (χ3n) is 7.67. The molecule has 0 saturated heterocycles.